The van der Waals surface area contributed by atoms with Crippen LogP contribution < -0.4 is 4.74 Å². The minimum Gasteiger partial charge on any atom is -0.507 e. The van der Waals surface area contributed by atoms with E-state index in [0.29, 0.717) is 24.5 Å². The van der Waals surface area contributed by atoms with Gasteiger partial charge >= 0.3 is 0 Å². The molecule has 33 heavy (non-hydrogen) atoms. The molecule has 0 radical (unpaired) electrons. The summed E-state index contributed by atoms with van der Waals surface area (Å²) < 4.78 is 10.9. The van der Waals surface area contributed by atoms with Crippen molar-refractivity contribution in [3.63, 3.8) is 0 Å². The number of carbonyl (C=O) groups is 2. The third kappa shape index (κ3) is 4.53. The zero-order valence-corrected chi connectivity index (χ0v) is 19.6. The number of Topliss-reactive ketones (excluding diaryl/α,β-unsaturated/α-hetero) is 1. The number of likely N-dealkylation sites (tertiary alicyclic amines) is 1. The van der Waals surface area contributed by atoms with Crippen LogP contribution in [-0.2, 0) is 19.7 Å². The predicted molar refractivity (Wildman–Crippen MR) is 126 cm³/mol. The van der Waals surface area contributed by atoms with Gasteiger partial charge in [-0.15, -0.1) is 0 Å². The first-order valence-electron chi connectivity index (χ1n) is 11.4. The van der Waals surface area contributed by atoms with Crippen molar-refractivity contribution in [2.75, 3.05) is 20.3 Å². The summed E-state index contributed by atoms with van der Waals surface area (Å²) in [5.41, 5.74) is 2.47. The topological polar surface area (TPSA) is 76.1 Å². The highest BCUT2D eigenvalue weighted by molar-refractivity contribution is 6.46. The molecule has 0 spiro atoms. The highest BCUT2D eigenvalue weighted by Crippen LogP contribution is 2.40. The summed E-state index contributed by atoms with van der Waals surface area (Å²) in [5, 5.41) is 11.2. The van der Waals surface area contributed by atoms with Gasteiger partial charge in [-0.2, -0.15) is 0 Å². The quantitative estimate of drug-likeness (QED) is 0.410. The first-order chi connectivity index (χ1) is 15.7. The fourth-order valence-corrected chi connectivity index (χ4v) is 4.49. The Bertz CT molecular complexity index is 1060. The highest BCUT2D eigenvalue weighted by Gasteiger charge is 2.47. The molecule has 0 aromatic heterocycles. The summed E-state index contributed by atoms with van der Waals surface area (Å²) in [6, 6.07) is 14.1. The first-order valence-corrected chi connectivity index (χ1v) is 11.4. The number of ketones is 1. The molecule has 2 atom stereocenters. The van der Waals surface area contributed by atoms with E-state index in [-0.39, 0.29) is 22.9 Å². The number of rotatable bonds is 5. The van der Waals surface area contributed by atoms with E-state index in [4.69, 9.17) is 9.47 Å². The second kappa shape index (κ2) is 9.02. The second-order valence-electron chi connectivity index (χ2n) is 9.69. The number of amides is 1. The highest BCUT2D eigenvalue weighted by atomic mass is 16.5. The number of aliphatic hydroxyl groups is 1. The fraction of sp³-hybridized carbons (Fsp3) is 0.407. The van der Waals surface area contributed by atoms with Crippen LogP contribution in [0.4, 0.5) is 0 Å². The second-order valence-corrected chi connectivity index (χ2v) is 9.69. The summed E-state index contributed by atoms with van der Waals surface area (Å²) in [6.07, 6.45) is 1.67. The molecule has 0 aliphatic carbocycles. The predicted octanol–water partition coefficient (Wildman–Crippen LogP) is 4.59. The molecule has 2 aromatic rings. The normalized spacial score (nSPS) is 22.7. The Morgan fingerprint density at radius 1 is 1.09 bits per heavy atom. The third-order valence-corrected chi connectivity index (χ3v) is 6.42. The molecule has 1 amide bonds. The fourth-order valence-electron chi connectivity index (χ4n) is 4.49. The van der Waals surface area contributed by atoms with E-state index in [2.05, 4.69) is 20.8 Å². The summed E-state index contributed by atoms with van der Waals surface area (Å²) in [4.78, 5) is 27.8. The van der Waals surface area contributed by atoms with Gasteiger partial charge in [0.2, 0.25) is 0 Å². The number of hydrogen-bond donors (Lipinski definition) is 1. The van der Waals surface area contributed by atoms with Crippen LogP contribution in [0.15, 0.2) is 54.1 Å². The summed E-state index contributed by atoms with van der Waals surface area (Å²) in [7, 11) is 1.56. The molecule has 2 aromatic carbocycles. The first kappa shape index (κ1) is 23.1. The van der Waals surface area contributed by atoms with Gasteiger partial charge in [-0.1, -0.05) is 45.0 Å². The van der Waals surface area contributed by atoms with Crippen molar-refractivity contribution < 1.29 is 24.2 Å². The van der Waals surface area contributed by atoms with Crippen molar-refractivity contribution in [2.45, 2.75) is 51.2 Å². The summed E-state index contributed by atoms with van der Waals surface area (Å²) in [5.74, 6) is -0.827. The van der Waals surface area contributed by atoms with E-state index in [1.807, 2.05) is 24.3 Å². The number of hydrogen-bond acceptors (Lipinski definition) is 5. The van der Waals surface area contributed by atoms with E-state index in [9.17, 15) is 14.7 Å². The van der Waals surface area contributed by atoms with Crippen molar-refractivity contribution in [1.29, 1.82) is 0 Å². The minimum atomic E-state index is -0.676. The maximum Gasteiger partial charge on any atom is 0.295 e. The van der Waals surface area contributed by atoms with E-state index in [1.54, 1.807) is 36.3 Å². The molecule has 6 nitrogen and oxygen atoms in total. The van der Waals surface area contributed by atoms with Gasteiger partial charge in [-0.3, -0.25) is 9.59 Å². The zero-order chi connectivity index (χ0) is 23.8. The van der Waals surface area contributed by atoms with E-state index in [1.165, 1.54) is 0 Å². The number of nitrogens with zero attached hydrogens (tertiary/aromatic N) is 1. The van der Waals surface area contributed by atoms with Gasteiger partial charge in [0.15, 0.2) is 0 Å². The van der Waals surface area contributed by atoms with Crippen LogP contribution in [-0.4, -0.2) is 48.1 Å². The van der Waals surface area contributed by atoms with Crippen LogP contribution in [0.3, 0.4) is 0 Å². The third-order valence-electron chi connectivity index (χ3n) is 6.42. The molecule has 2 heterocycles. The standard InChI is InChI=1S/C27H31NO5/c1-27(2,3)19-11-7-17(8-12-19)23-22(24(29)18-9-13-20(32-4)14-10-18)25(30)26(31)28(23)16-21-6-5-15-33-21/h7-14,21,23,29H,5-6,15-16H2,1-4H3/t21-,23-/m0/s1. The monoisotopic (exact) mass is 449 g/mol. The van der Waals surface area contributed by atoms with Gasteiger partial charge in [0, 0.05) is 18.7 Å². The molecule has 2 fully saturated rings. The van der Waals surface area contributed by atoms with E-state index >= 15 is 0 Å². The lowest BCUT2D eigenvalue weighted by molar-refractivity contribution is -0.140. The van der Waals surface area contributed by atoms with Gasteiger partial charge in [0.1, 0.15) is 11.5 Å². The van der Waals surface area contributed by atoms with Crippen LogP contribution >= 0.6 is 0 Å². The van der Waals surface area contributed by atoms with Gasteiger partial charge in [0.25, 0.3) is 11.7 Å². The smallest absolute Gasteiger partial charge is 0.295 e. The average Bonchev–Trinajstić information content (AvgIpc) is 3.40. The maximum atomic E-state index is 13.2. The largest absolute Gasteiger partial charge is 0.507 e. The van der Waals surface area contributed by atoms with Crippen LogP contribution in [0.2, 0.25) is 0 Å². The van der Waals surface area contributed by atoms with Crippen LogP contribution in [0, 0.1) is 0 Å². The van der Waals surface area contributed by atoms with Crippen molar-refractivity contribution in [1.82, 2.24) is 4.90 Å². The number of benzene rings is 2. The molecule has 4 rings (SSSR count). The maximum absolute atomic E-state index is 13.2. The Labute approximate surface area is 194 Å². The Hall–Kier alpha value is -3.12. The Kier molecular flexibility index (Phi) is 6.30. The van der Waals surface area contributed by atoms with E-state index in [0.717, 1.165) is 24.0 Å². The molecule has 174 valence electrons. The van der Waals surface area contributed by atoms with Crippen molar-refractivity contribution >= 4 is 17.4 Å². The summed E-state index contributed by atoms with van der Waals surface area (Å²) >= 11 is 0. The van der Waals surface area contributed by atoms with Crippen molar-refractivity contribution in [3.8, 4) is 5.75 Å². The molecular formula is C27H31NO5. The lowest BCUT2D eigenvalue weighted by Crippen LogP contribution is -2.36. The Morgan fingerprint density at radius 3 is 2.30 bits per heavy atom. The van der Waals surface area contributed by atoms with Gasteiger partial charge in [-0.05, 0) is 53.6 Å². The van der Waals surface area contributed by atoms with Crippen molar-refractivity contribution in [3.05, 3.63) is 70.8 Å². The molecule has 0 saturated carbocycles. The summed E-state index contributed by atoms with van der Waals surface area (Å²) in [6.45, 7) is 7.38. The van der Waals surface area contributed by atoms with Crippen LogP contribution in [0.25, 0.3) is 5.76 Å². The van der Waals surface area contributed by atoms with Crippen molar-refractivity contribution in [2.24, 2.45) is 0 Å². The number of carbonyl (C=O) groups excluding carboxylic acids is 2. The molecule has 0 unspecified atom stereocenters. The molecule has 1 N–H and O–H groups in total. The Morgan fingerprint density at radius 2 is 1.76 bits per heavy atom. The van der Waals surface area contributed by atoms with Gasteiger partial charge in [-0.25, -0.2) is 0 Å². The lowest BCUT2D eigenvalue weighted by atomic mass is 9.85. The minimum absolute atomic E-state index is 0.0267. The van der Waals surface area contributed by atoms with Crippen LogP contribution in [0.5, 0.6) is 5.75 Å². The molecule has 6 heteroatoms. The van der Waals surface area contributed by atoms with Gasteiger partial charge in [0.05, 0.1) is 24.8 Å². The Balaban J connectivity index is 1.80. The SMILES string of the molecule is COc1ccc(C(O)=C2C(=O)C(=O)N(C[C@@H]3CCCO3)[C@H]2c2ccc(C(C)(C)C)cc2)cc1. The molecule has 2 aliphatic rings. The number of aliphatic hydroxyl groups excluding tert-OH is 1. The zero-order valence-electron chi connectivity index (χ0n) is 19.6. The lowest BCUT2D eigenvalue weighted by Gasteiger charge is -2.28. The molecule has 0 bridgehead atoms. The van der Waals surface area contributed by atoms with Crippen LogP contribution in [0.1, 0.15) is 56.3 Å². The molecular weight excluding hydrogens is 418 g/mol. The molecule has 2 aliphatic heterocycles. The van der Waals surface area contributed by atoms with Gasteiger partial charge < -0.3 is 19.5 Å². The number of ether oxygens (including phenoxy) is 2. The van der Waals surface area contributed by atoms with E-state index < -0.39 is 17.7 Å². The number of methoxy groups -OCH3 is 1. The molecule has 2 saturated heterocycles. The average molecular weight is 450 g/mol.